The number of aromatic nitrogens is 2. The van der Waals surface area contributed by atoms with E-state index in [-0.39, 0.29) is 17.6 Å². The predicted molar refractivity (Wildman–Crippen MR) is 139 cm³/mol. The number of imidazole rings is 1. The first-order valence-corrected chi connectivity index (χ1v) is 12.3. The SMILES string of the molecule is COc1ccc(Br)cc1CCc1c(F)cccc1C(=O)N=C(N)N(CCCn1ccnc1)C(C)C. The van der Waals surface area contributed by atoms with Crippen LogP contribution in [0.2, 0.25) is 0 Å². The highest BCUT2D eigenvalue weighted by molar-refractivity contribution is 9.10. The van der Waals surface area contributed by atoms with E-state index in [4.69, 9.17) is 10.5 Å². The smallest absolute Gasteiger partial charge is 0.280 e. The van der Waals surface area contributed by atoms with Gasteiger partial charge in [-0.05, 0) is 69.0 Å². The van der Waals surface area contributed by atoms with Gasteiger partial charge in [-0.2, -0.15) is 4.99 Å². The molecular formula is C26H31BrFN5O2. The van der Waals surface area contributed by atoms with Crippen molar-refractivity contribution in [2.45, 2.75) is 45.7 Å². The Balaban J connectivity index is 1.76. The van der Waals surface area contributed by atoms with E-state index in [1.54, 1.807) is 25.7 Å². The molecule has 2 aromatic carbocycles. The maximum absolute atomic E-state index is 14.8. The standard InChI is InChI=1S/C26H31BrFN5O2/c1-18(2)33(14-5-13-32-15-12-30-17-32)26(29)31-25(34)22-6-4-7-23(28)21(22)10-8-19-16-20(27)9-11-24(19)35-3/h4,6-7,9,11-12,15-18H,5,8,10,13-14H2,1-3H3,(H2,29,31,34). The molecule has 0 aliphatic carbocycles. The monoisotopic (exact) mass is 543 g/mol. The number of benzene rings is 2. The predicted octanol–water partition coefficient (Wildman–Crippen LogP) is 4.83. The zero-order chi connectivity index (χ0) is 25.4. The first-order valence-electron chi connectivity index (χ1n) is 11.5. The van der Waals surface area contributed by atoms with Gasteiger partial charge in [-0.3, -0.25) is 4.79 Å². The Hall–Kier alpha value is -3.20. The minimum atomic E-state index is -0.557. The van der Waals surface area contributed by atoms with Gasteiger partial charge in [0.1, 0.15) is 11.6 Å². The summed E-state index contributed by atoms with van der Waals surface area (Å²) in [6.07, 6.45) is 7.01. The largest absolute Gasteiger partial charge is 0.496 e. The Morgan fingerprint density at radius 2 is 2.09 bits per heavy atom. The van der Waals surface area contributed by atoms with Crippen LogP contribution in [0.3, 0.4) is 0 Å². The molecule has 1 aromatic heterocycles. The van der Waals surface area contributed by atoms with E-state index in [2.05, 4.69) is 25.9 Å². The fourth-order valence-electron chi connectivity index (χ4n) is 3.92. The molecule has 9 heteroatoms. The van der Waals surface area contributed by atoms with E-state index >= 15 is 0 Å². The summed E-state index contributed by atoms with van der Waals surface area (Å²) in [6.45, 7) is 5.38. The normalized spacial score (nSPS) is 11.7. The van der Waals surface area contributed by atoms with Crippen LogP contribution >= 0.6 is 15.9 Å². The van der Waals surface area contributed by atoms with Gasteiger partial charge in [0.25, 0.3) is 5.91 Å². The summed E-state index contributed by atoms with van der Waals surface area (Å²) in [5, 5.41) is 0. The van der Waals surface area contributed by atoms with Crippen molar-refractivity contribution in [3.8, 4) is 5.75 Å². The van der Waals surface area contributed by atoms with Crippen molar-refractivity contribution in [1.29, 1.82) is 0 Å². The molecule has 0 spiro atoms. The molecule has 7 nitrogen and oxygen atoms in total. The van der Waals surface area contributed by atoms with Gasteiger partial charge in [-0.15, -0.1) is 0 Å². The van der Waals surface area contributed by atoms with E-state index in [0.29, 0.717) is 30.7 Å². The van der Waals surface area contributed by atoms with E-state index in [9.17, 15) is 9.18 Å². The third kappa shape index (κ3) is 7.14. The second-order valence-electron chi connectivity index (χ2n) is 8.44. The summed E-state index contributed by atoms with van der Waals surface area (Å²) in [5.74, 6) is -0.166. The highest BCUT2D eigenvalue weighted by atomic mass is 79.9. The van der Waals surface area contributed by atoms with Crippen molar-refractivity contribution in [2.24, 2.45) is 10.7 Å². The van der Waals surface area contributed by atoms with E-state index in [0.717, 1.165) is 23.0 Å². The zero-order valence-electron chi connectivity index (χ0n) is 20.2. The third-order valence-electron chi connectivity index (χ3n) is 5.74. The molecule has 0 saturated heterocycles. The third-order valence-corrected chi connectivity index (χ3v) is 6.24. The Bertz CT molecular complexity index is 1160. The van der Waals surface area contributed by atoms with Crippen molar-refractivity contribution in [1.82, 2.24) is 14.5 Å². The molecule has 2 N–H and O–H groups in total. The second-order valence-corrected chi connectivity index (χ2v) is 9.35. The van der Waals surface area contributed by atoms with Gasteiger partial charge >= 0.3 is 0 Å². The van der Waals surface area contributed by atoms with Crippen molar-refractivity contribution in [2.75, 3.05) is 13.7 Å². The fraction of sp³-hybridized carbons (Fsp3) is 0.346. The number of methoxy groups -OCH3 is 1. The molecule has 0 bridgehead atoms. The Labute approximate surface area is 214 Å². The first kappa shape index (κ1) is 26.4. The molecule has 0 unspecified atom stereocenters. The van der Waals surface area contributed by atoms with Crippen LogP contribution in [0, 0.1) is 5.82 Å². The zero-order valence-corrected chi connectivity index (χ0v) is 21.8. The maximum atomic E-state index is 14.8. The summed E-state index contributed by atoms with van der Waals surface area (Å²) < 4.78 is 23.1. The average Bonchev–Trinajstić information content (AvgIpc) is 3.34. The van der Waals surface area contributed by atoms with Crippen LogP contribution in [0.25, 0.3) is 0 Å². The van der Waals surface area contributed by atoms with Crippen LogP contribution in [-0.4, -0.2) is 46.0 Å². The summed E-state index contributed by atoms with van der Waals surface area (Å²) in [7, 11) is 1.60. The summed E-state index contributed by atoms with van der Waals surface area (Å²) in [6, 6.07) is 10.2. The lowest BCUT2D eigenvalue weighted by Crippen LogP contribution is -2.43. The highest BCUT2D eigenvalue weighted by Gasteiger charge is 2.19. The topological polar surface area (TPSA) is 85.7 Å². The molecule has 3 rings (SSSR count). The molecular weight excluding hydrogens is 513 g/mol. The second kappa shape index (κ2) is 12.5. The van der Waals surface area contributed by atoms with Crippen LogP contribution in [0.1, 0.15) is 41.8 Å². The van der Waals surface area contributed by atoms with Crippen molar-refractivity contribution in [3.05, 3.63) is 82.1 Å². The van der Waals surface area contributed by atoms with E-state index in [1.165, 1.54) is 12.1 Å². The number of carbonyl (C=O) groups is 1. The number of carbonyl (C=O) groups excluding carboxylic acids is 1. The Morgan fingerprint density at radius 1 is 1.29 bits per heavy atom. The van der Waals surface area contributed by atoms with Gasteiger partial charge in [0.05, 0.1) is 13.4 Å². The van der Waals surface area contributed by atoms with Crippen LogP contribution < -0.4 is 10.5 Å². The maximum Gasteiger partial charge on any atom is 0.280 e. The van der Waals surface area contributed by atoms with Crippen molar-refractivity contribution < 1.29 is 13.9 Å². The van der Waals surface area contributed by atoms with Crippen LogP contribution in [0.5, 0.6) is 5.75 Å². The minimum absolute atomic E-state index is 0.0466. The van der Waals surface area contributed by atoms with Crippen LogP contribution in [0.15, 0.2) is 64.6 Å². The molecule has 0 aliphatic rings. The van der Waals surface area contributed by atoms with E-state index < -0.39 is 11.7 Å². The molecule has 1 amide bonds. The van der Waals surface area contributed by atoms with Gasteiger partial charge in [0, 0.05) is 47.1 Å². The van der Waals surface area contributed by atoms with Gasteiger partial charge in [-0.1, -0.05) is 22.0 Å². The number of amides is 1. The quantitative estimate of drug-likeness (QED) is 0.292. The highest BCUT2D eigenvalue weighted by Crippen LogP contribution is 2.26. The number of nitrogens with two attached hydrogens (primary N) is 1. The number of aryl methyl sites for hydroxylation is 2. The molecule has 3 aromatic rings. The molecule has 0 atom stereocenters. The number of ether oxygens (including phenoxy) is 1. The molecule has 186 valence electrons. The van der Waals surface area contributed by atoms with Crippen molar-refractivity contribution >= 4 is 27.8 Å². The lowest BCUT2D eigenvalue weighted by molar-refractivity contribution is 0.0999. The number of halogens is 2. The summed E-state index contributed by atoms with van der Waals surface area (Å²) in [5.41, 5.74) is 7.68. The van der Waals surface area contributed by atoms with Gasteiger partial charge in [0.15, 0.2) is 5.96 Å². The van der Waals surface area contributed by atoms with Gasteiger partial charge < -0.3 is 19.9 Å². The number of hydrogen-bond acceptors (Lipinski definition) is 3. The molecule has 0 fully saturated rings. The molecule has 0 aliphatic heterocycles. The number of hydrogen-bond donors (Lipinski definition) is 1. The van der Waals surface area contributed by atoms with Crippen molar-refractivity contribution in [3.63, 3.8) is 0 Å². The summed E-state index contributed by atoms with van der Waals surface area (Å²) in [4.78, 5) is 23.2. The molecule has 1 heterocycles. The van der Waals surface area contributed by atoms with E-state index in [1.807, 2.05) is 47.7 Å². The molecule has 35 heavy (non-hydrogen) atoms. The number of guanidine groups is 1. The summed E-state index contributed by atoms with van der Waals surface area (Å²) >= 11 is 3.46. The molecule has 0 saturated carbocycles. The van der Waals surface area contributed by atoms with Gasteiger partial charge in [-0.25, -0.2) is 9.37 Å². The van der Waals surface area contributed by atoms with Crippen LogP contribution in [0.4, 0.5) is 4.39 Å². The first-order chi connectivity index (χ1) is 16.8. The average molecular weight is 544 g/mol. The number of aliphatic imine (C=N–C) groups is 1. The van der Waals surface area contributed by atoms with Gasteiger partial charge in [0.2, 0.25) is 0 Å². The lowest BCUT2D eigenvalue weighted by Gasteiger charge is -2.27. The Morgan fingerprint density at radius 3 is 2.77 bits per heavy atom. The minimum Gasteiger partial charge on any atom is -0.496 e. The lowest BCUT2D eigenvalue weighted by atomic mass is 9.98. The molecule has 0 radical (unpaired) electrons. The fourth-order valence-corrected chi connectivity index (χ4v) is 4.33. The van der Waals surface area contributed by atoms with Crippen LogP contribution in [-0.2, 0) is 19.4 Å². The number of rotatable bonds is 10. The number of nitrogens with zero attached hydrogens (tertiary/aromatic N) is 4. The Kier molecular flexibility index (Phi) is 9.42.